The number of hydrogen-bond acceptors (Lipinski definition) is 6. The Bertz CT molecular complexity index is 906. The molecule has 0 aliphatic heterocycles. The van der Waals surface area contributed by atoms with E-state index in [-0.39, 0.29) is 18.1 Å². The van der Waals surface area contributed by atoms with Crippen molar-refractivity contribution in [3.8, 4) is 11.1 Å². The molecule has 3 rings (SSSR count). The van der Waals surface area contributed by atoms with E-state index in [1.54, 1.807) is 26.2 Å². The van der Waals surface area contributed by atoms with Gasteiger partial charge in [0.25, 0.3) is 0 Å². The summed E-state index contributed by atoms with van der Waals surface area (Å²) in [6, 6.07) is 5.99. The van der Waals surface area contributed by atoms with E-state index in [0.29, 0.717) is 22.6 Å². The van der Waals surface area contributed by atoms with Crippen molar-refractivity contribution in [2.24, 2.45) is 0 Å². The molecule has 1 aromatic carbocycles. The first-order chi connectivity index (χ1) is 11.6. The average molecular weight is 330 g/mol. The van der Waals surface area contributed by atoms with Gasteiger partial charge in [-0.05, 0) is 24.6 Å². The van der Waals surface area contributed by atoms with Crippen LogP contribution in [0.15, 0.2) is 24.3 Å². The molecular weight excluding hydrogens is 315 g/mol. The fourth-order valence-corrected chi connectivity index (χ4v) is 2.48. The van der Waals surface area contributed by atoms with Crippen LogP contribution < -0.4 is 0 Å². The van der Waals surface area contributed by atoms with Crippen molar-refractivity contribution in [2.45, 2.75) is 13.5 Å². The molecule has 2 heterocycles. The molecule has 0 saturated carbocycles. The van der Waals surface area contributed by atoms with E-state index < -0.39 is 5.97 Å². The van der Waals surface area contributed by atoms with Crippen LogP contribution in [0.3, 0.4) is 0 Å². The first-order valence-corrected chi connectivity index (χ1v) is 7.15. The molecule has 0 amide bonds. The number of nitrogens with zero attached hydrogens (tertiary/aromatic N) is 4. The van der Waals surface area contributed by atoms with E-state index in [0.717, 1.165) is 5.56 Å². The van der Waals surface area contributed by atoms with Crippen molar-refractivity contribution in [3.05, 3.63) is 47.2 Å². The van der Waals surface area contributed by atoms with Gasteiger partial charge >= 0.3 is 5.97 Å². The summed E-state index contributed by atoms with van der Waals surface area (Å²) in [5.41, 5.74) is 3.07. The molecule has 0 N–H and O–H groups in total. The van der Waals surface area contributed by atoms with Gasteiger partial charge in [0.15, 0.2) is 11.3 Å². The average Bonchev–Trinajstić information content (AvgIpc) is 2.95. The van der Waals surface area contributed by atoms with Gasteiger partial charge in [-0.2, -0.15) is 5.10 Å². The molecule has 0 aliphatic rings. The van der Waals surface area contributed by atoms with Crippen molar-refractivity contribution in [1.82, 2.24) is 19.8 Å². The molecule has 0 atom stereocenters. The number of methoxy groups -OCH3 is 2. The summed E-state index contributed by atoms with van der Waals surface area (Å²) in [4.78, 5) is 11.8. The summed E-state index contributed by atoms with van der Waals surface area (Å²) in [7, 11) is 2.83. The Morgan fingerprint density at radius 1 is 1.21 bits per heavy atom. The summed E-state index contributed by atoms with van der Waals surface area (Å²) >= 11 is 0. The van der Waals surface area contributed by atoms with Crippen LogP contribution >= 0.6 is 0 Å². The van der Waals surface area contributed by atoms with Gasteiger partial charge in [-0.3, -0.25) is 0 Å². The van der Waals surface area contributed by atoms with Crippen LogP contribution in [-0.2, 0) is 16.1 Å². The smallest absolute Gasteiger partial charge is 0.360 e. The predicted molar refractivity (Wildman–Crippen MR) is 83.0 cm³/mol. The van der Waals surface area contributed by atoms with E-state index >= 15 is 0 Å². The zero-order valence-corrected chi connectivity index (χ0v) is 13.4. The minimum Gasteiger partial charge on any atom is -0.464 e. The van der Waals surface area contributed by atoms with Gasteiger partial charge in [-0.15, -0.1) is 10.2 Å². The highest BCUT2D eigenvalue weighted by atomic mass is 19.1. The number of esters is 1. The third-order valence-corrected chi connectivity index (χ3v) is 3.63. The van der Waals surface area contributed by atoms with Crippen LogP contribution in [0.1, 0.15) is 21.9 Å². The Hall–Kier alpha value is -2.87. The molecule has 8 heteroatoms. The minimum absolute atomic E-state index is 0.0853. The van der Waals surface area contributed by atoms with Gasteiger partial charge in [0.1, 0.15) is 5.82 Å². The number of carbonyl (C=O) groups excluding carboxylic acids is 1. The van der Waals surface area contributed by atoms with Gasteiger partial charge in [0.2, 0.25) is 0 Å². The van der Waals surface area contributed by atoms with Crippen LogP contribution in [0.2, 0.25) is 0 Å². The topological polar surface area (TPSA) is 78.6 Å². The molecule has 24 heavy (non-hydrogen) atoms. The maximum absolute atomic E-state index is 13.2. The van der Waals surface area contributed by atoms with Crippen LogP contribution in [0.4, 0.5) is 4.39 Å². The van der Waals surface area contributed by atoms with E-state index in [4.69, 9.17) is 9.47 Å². The number of benzene rings is 1. The van der Waals surface area contributed by atoms with E-state index in [1.165, 1.54) is 23.8 Å². The van der Waals surface area contributed by atoms with E-state index in [9.17, 15) is 9.18 Å². The molecule has 0 saturated heterocycles. The summed E-state index contributed by atoms with van der Waals surface area (Å²) in [6.07, 6.45) is 0. The van der Waals surface area contributed by atoms with E-state index in [1.807, 2.05) is 0 Å². The molecule has 0 bridgehead atoms. The monoisotopic (exact) mass is 330 g/mol. The lowest BCUT2D eigenvalue weighted by molar-refractivity contribution is 0.0590. The molecule has 124 valence electrons. The number of aromatic nitrogens is 4. The second-order valence-electron chi connectivity index (χ2n) is 5.12. The van der Waals surface area contributed by atoms with Gasteiger partial charge in [0, 0.05) is 7.11 Å². The molecule has 2 aromatic heterocycles. The highest BCUT2D eigenvalue weighted by Gasteiger charge is 2.22. The van der Waals surface area contributed by atoms with Crippen LogP contribution in [0.5, 0.6) is 0 Å². The summed E-state index contributed by atoms with van der Waals surface area (Å²) in [5, 5.41) is 12.5. The van der Waals surface area contributed by atoms with Crippen LogP contribution in [-0.4, -0.2) is 40.0 Å². The Labute approximate surface area is 137 Å². The Balaban J connectivity index is 2.27. The molecule has 3 aromatic rings. The zero-order valence-electron chi connectivity index (χ0n) is 13.4. The van der Waals surface area contributed by atoms with Gasteiger partial charge < -0.3 is 9.47 Å². The Morgan fingerprint density at radius 2 is 1.92 bits per heavy atom. The number of aryl methyl sites for hydroxylation is 1. The minimum atomic E-state index is -0.589. The number of carbonyl (C=O) groups is 1. The fourth-order valence-electron chi connectivity index (χ4n) is 2.48. The highest BCUT2D eigenvalue weighted by Crippen LogP contribution is 2.29. The Morgan fingerprint density at radius 3 is 2.54 bits per heavy atom. The molecule has 0 spiro atoms. The molecule has 7 nitrogen and oxygen atoms in total. The standard InChI is InChI=1S/C16H15FN4O3/c1-9-14(16(22)24-3)18-19-15-13(10-4-6-11(17)7-5-10)12(8-23-2)20-21(9)15/h4-7H,8H2,1-3H3. The Kier molecular flexibility index (Phi) is 4.22. The van der Waals surface area contributed by atoms with Crippen molar-refractivity contribution in [2.75, 3.05) is 14.2 Å². The molecular formula is C16H15FN4O3. The SMILES string of the molecule is COCc1nn2c(C)c(C(=O)OC)nnc2c1-c1ccc(F)cc1. The van der Waals surface area contributed by atoms with Crippen LogP contribution in [0, 0.1) is 12.7 Å². The van der Waals surface area contributed by atoms with Gasteiger partial charge in [-0.1, -0.05) is 12.1 Å². The number of ether oxygens (including phenoxy) is 2. The maximum Gasteiger partial charge on any atom is 0.360 e. The summed E-state index contributed by atoms with van der Waals surface area (Å²) in [6.45, 7) is 1.94. The largest absolute Gasteiger partial charge is 0.464 e. The van der Waals surface area contributed by atoms with Gasteiger partial charge in [0.05, 0.1) is 30.7 Å². The second-order valence-corrected chi connectivity index (χ2v) is 5.12. The molecule has 0 fully saturated rings. The predicted octanol–water partition coefficient (Wildman–Crippen LogP) is 2.17. The second kappa shape index (κ2) is 6.32. The quantitative estimate of drug-likeness (QED) is 0.682. The summed E-state index contributed by atoms with van der Waals surface area (Å²) in [5.74, 6) is -0.923. The van der Waals surface area contributed by atoms with Crippen molar-refractivity contribution in [3.63, 3.8) is 0 Å². The van der Waals surface area contributed by atoms with E-state index in [2.05, 4.69) is 15.3 Å². The first kappa shape index (κ1) is 16.0. The molecule has 0 radical (unpaired) electrons. The fraction of sp³-hybridized carbons (Fsp3) is 0.250. The number of rotatable bonds is 4. The van der Waals surface area contributed by atoms with Crippen LogP contribution in [0.25, 0.3) is 16.8 Å². The zero-order chi connectivity index (χ0) is 17.3. The third kappa shape index (κ3) is 2.61. The summed E-state index contributed by atoms with van der Waals surface area (Å²) < 4.78 is 24.6. The third-order valence-electron chi connectivity index (χ3n) is 3.63. The number of hydrogen-bond donors (Lipinski definition) is 0. The van der Waals surface area contributed by atoms with Crippen molar-refractivity contribution in [1.29, 1.82) is 0 Å². The lowest BCUT2D eigenvalue weighted by Gasteiger charge is -2.04. The van der Waals surface area contributed by atoms with Gasteiger partial charge in [-0.25, -0.2) is 13.7 Å². The lowest BCUT2D eigenvalue weighted by atomic mass is 10.1. The first-order valence-electron chi connectivity index (χ1n) is 7.15. The number of fused-ring (bicyclic) bond motifs is 1. The number of halogens is 1. The highest BCUT2D eigenvalue weighted by molar-refractivity contribution is 5.89. The van der Waals surface area contributed by atoms with Crippen molar-refractivity contribution >= 4 is 11.6 Å². The normalized spacial score (nSPS) is 11.0. The molecule has 0 unspecified atom stereocenters. The molecule has 0 aliphatic carbocycles. The maximum atomic E-state index is 13.2. The van der Waals surface area contributed by atoms with Crippen molar-refractivity contribution < 1.29 is 18.7 Å². The lowest BCUT2D eigenvalue weighted by Crippen LogP contribution is -2.12.